The molecule has 2 nitrogen and oxygen atoms in total. The lowest BCUT2D eigenvalue weighted by Gasteiger charge is -2.29. The zero-order valence-corrected chi connectivity index (χ0v) is 10.6. The molecule has 0 aliphatic heterocycles. The molecule has 0 spiro atoms. The maximum atomic E-state index is 13.5. The number of hydrogen-bond donors (Lipinski definition) is 2. The lowest BCUT2D eigenvalue weighted by molar-refractivity contribution is 0.153. The largest absolute Gasteiger partial charge is 0.394 e. The fraction of sp³-hybridized carbons (Fsp3) is 0.538. The van der Waals surface area contributed by atoms with Crippen molar-refractivity contribution < 1.29 is 9.50 Å². The number of benzene rings is 1. The summed E-state index contributed by atoms with van der Waals surface area (Å²) in [4.78, 5) is 0. The van der Waals surface area contributed by atoms with Gasteiger partial charge in [0.2, 0.25) is 0 Å². The Kier molecular flexibility index (Phi) is 3.71. The number of nitrogens with one attached hydrogen (secondary N) is 1. The first-order chi connectivity index (χ1) is 8.05. The van der Waals surface area contributed by atoms with Gasteiger partial charge in [0.15, 0.2) is 0 Å². The second-order valence-electron chi connectivity index (χ2n) is 4.94. The van der Waals surface area contributed by atoms with Crippen molar-refractivity contribution in [1.82, 2.24) is 5.32 Å². The zero-order valence-electron chi connectivity index (χ0n) is 9.84. The van der Waals surface area contributed by atoms with Crippen LogP contribution in [0.1, 0.15) is 25.3 Å². The van der Waals surface area contributed by atoms with Gasteiger partial charge >= 0.3 is 0 Å². The molecule has 1 aliphatic carbocycles. The normalized spacial score (nSPS) is 19.1. The van der Waals surface area contributed by atoms with Crippen molar-refractivity contribution in [2.45, 2.75) is 31.8 Å². The van der Waals surface area contributed by atoms with Crippen molar-refractivity contribution in [2.75, 3.05) is 6.61 Å². The third-order valence-electron chi connectivity index (χ3n) is 3.50. The summed E-state index contributed by atoms with van der Waals surface area (Å²) in [7, 11) is 0. The Bertz CT molecular complexity index is 408. The topological polar surface area (TPSA) is 32.3 Å². The summed E-state index contributed by atoms with van der Waals surface area (Å²) < 4.78 is 13.5. The molecule has 0 saturated heterocycles. The number of aliphatic hydroxyl groups excluding tert-OH is 1. The van der Waals surface area contributed by atoms with E-state index in [1.165, 1.54) is 12.1 Å². The Balaban J connectivity index is 2.03. The molecule has 94 valence electrons. The number of halogens is 2. The predicted molar refractivity (Wildman–Crippen MR) is 66.5 cm³/mol. The highest BCUT2D eigenvalue weighted by atomic mass is 35.5. The Morgan fingerprint density at radius 3 is 2.82 bits per heavy atom. The highest BCUT2D eigenvalue weighted by Crippen LogP contribution is 2.39. The lowest BCUT2D eigenvalue weighted by atomic mass is 9.96. The molecule has 0 heterocycles. The van der Waals surface area contributed by atoms with Crippen LogP contribution in [0.3, 0.4) is 0 Å². The number of hydrogen-bond acceptors (Lipinski definition) is 2. The fourth-order valence-electron chi connectivity index (χ4n) is 2.03. The molecule has 4 heteroatoms. The van der Waals surface area contributed by atoms with E-state index in [2.05, 4.69) is 5.32 Å². The van der Waals surface area contributed by atoms with Crippen LogP contribution in [-0.4, -0.2) is 17.3 Å². The molecular formula is C13H17ClFNO. The molecule has 0 bridgehead atoms. The molecule has 2 rings (SSSR count). The zero-order chi connectivity index (χ0) is 12.5. The fourth-order valence-corrected chi connectivity index (χ4v) is 2.22. The van der Waals surface area contributed by atoms with Crippen LogP contribution in [0.5, 0.6) is 0 Å². The van der Waals surface area contributed by atoms with Crippen molar-refractivity contribution >= 4 is 11.6 Å². The average molecular weight is 258 g/mol. The van der Waals surface area contributed by atoms with Gasteiger partial charge in [0.05, 0.1) is 6.61 Å². The lowest BCUT2D eigenvalue weighted by Crippen LogP contribution is -2.47. The molecule has 2 N–H and O–H groups in total. The van der Waals surface area contributed by atoms with E-state index in [9.17, 15) is 9.50 Å². The molecule has 1 aliphatic rings. The summed E-state index contributed by atoms with van der Waals surface area (Å²) in [5.41, 5.74) is 0.229. The van der Waals surface area contributed by atoms with Crippen molar-refractivity contribution in [2.24, 2.45) is 5.92 Å². The van der Waals surface area contributed by atoms with E-state index in [1.54, 1.807) is 6.07 Å². The summed E-state index contributed by atoms with van der Waals surface area (Å²) in [5, 5.41) is 13.2. The SMILES string of the molecule is CC(CO)(NCc1cc(Cl)ccc1F)C1CC1. The van der Waals surface area contributed by atoms with Gasteiger partial charge in [-0.05, 0) is 43.9 Å². The molecule has 1 unspecified atom stereocenters. The van der Waals surface area contributed by atoms with Gasteiger partial charge in [0.25, 0.3) is 0 Å². The third-order valence-corrected chi connectivity index (χ3v) is 3.73. The van der Waals surface area contributed by atoms with Crippen LogP contribution in [0, 0.1) is 11.7 Å². The van der Waals surface area contributed by atoms with E-state index < -0.39 is 0 Å². The van der Waals surface area contributed by atoms with E-state index in [0.717, 1.165) is 12.8 Å². The maximum Gasteiger partial charge on any atom is 0.127 e. The minimum absolute atomic E-state index is 0.0693. The first-order valence-electron chi connectivity index (χ1n) is 5.85. The summed E-state index contributed by atoms with van der Waals surface area (Å²) in [6.07, 6.45) is 2.25. The number of rotatable bonds is 5. The van der Waals surface area contributed by atoms with E-state index in [4.69, 9.17) is 11.6 Å². The first kappa shape index (κ1) is 12.8. The van der Waals surface area contributed by atoms with Crippen LogP contribution in [0.15, 0.2) is 18.2 Å². The Hall–Kier alpha value is -0.640. The van der Waals surface area contributed by atoms with E-state index in [0.29, 0.717) is 23.0 Å². The molecule has 0 radical (unpaired) electrons. The third kappa shape index (κ3) is 2.97. The van der Waals surface area contributed by atoms with Crippen molar-refractivity contribution in [3.8, 4) is 0 Å². The predicted octanol–water partition coefficient (Wildman–Crippen LogP) is 2.73. The molecule has 0 aromatic heterocycles. The highest BCUT2D eigenvalue weighted by Gasteiger charge is 2.40. The smallest absolute Gasteiger partial charge is 0.127 e. The van der Waals surface area contributed by atoms with Gasteiger partial charge in [-0.1, -0.05) is 11.6 Å². The minimum Gasteiger partial charge on any atom is -0.394 e. The average Bonchev–Trinajstić information content (AvgIpc) is 3.14. The summed E-state index contributed by atoms with van der Waals surface area (Å²) in [6.45, 7) is 2.44. The molecule has 0 amide bonds. The molecule has 17 heavy (non-hydrogen) atoms. The standard InChI is InChI=1S/C13H17ClFNO/c1-13(8-17,10-2-3-10)16-7-9-6-11(14)4-5-12(9)15/h4-6,10,16-17H,2-3,7-8H2,1H3. The number of aliphatic hydroxyl groups is 1. The van der Waals surface area contributed by atoms with Gasteiger partial charge in [0.1, 0.15) is 5.82 Å². The Labute approximate surface area is 106 Å². The van der Waals surface area contributed by atoms with Crippen LogP contribution >= 0.6 is 11.6 Å². The van der Waals surface area contributed by atoms with Gasteiger partial charge in [-0.3, -0.25) is 0 Å². The summed E-state index contributed by atoms with van der Waals surface area (Å²) in [5.74, 6) is 0.229. The van der Waals surface area contributed by atoms with Crippen LogP contribution in [0.4, 0.5) is 4.39 Å². The Morgan fingerprint density at radius 1 is 1.53 bits per heavy atom. The van der Waals surface area contributed by atoms with Gasteiger partial charge in [-0.2, -0.15) is 0 Å². The van der Waals surface area contributed by atoms with Gasteiger partial charge in [-0.15, -0.1) is 0 Å². The van der Waals surface area contributed by atoms with E-state index in [-0.39, 0.29) is 18.0 Å². The molecular weight excluding hydrogens is 241 g/mol. The van der Waals surface area contributed by atoms with Crippen LogP contribution in [0.2, 0.25) is 5.02 Å². The monoisotopic (exact) mass is 257 g/mol. The Morgan fingerprint density at radius 2 is 2.24 bits per heavy atom. The van der Waals surface area contributed by atoms with Crippen molar-refractivity contribution in [3.05, 3.63) is 34.6 Å². The van der Waals surface area contributed by atoms with Gasteiger partial charge in [-0.25, -0.2) is 4.39 Å². The molecule has 1 saturated carbocycles. The molecule has 1 atom stereocenters. The molecule has 1 aromatic carbocycles. The van der Waals surface area contributed by atoms with Crippen LogP contribution < -0.4 is 5.32 Å². The van der Waals surface area contributed by atoms with Crippen LogP contribution in [0.25, 0.3) is 0 Å². The maximum absolute atomic E-state index is 13.5. The summed E-state index contributed by atoms with van der Waals surface area (Å²) in [6, 6.07) is 4.52. The van der Waals surface area contributed by atoms with Gasteiger partial charge in [0, 0.05) is 22.7 Å². The highest BCUT2D eigenvalue weighted by molar-refractivity contribution is 6.30. The van der Waals surface area contributed by atoms with Gasteiger partial charge < -0.3 is 10.4 Å². The molecule has 1 aromatic rings. The quantitative estimate of drug-likeness (QED) is 0.850. The van der Waals surface area contributed by atoms with Crippen molar-refractivity contribution in [1.29, 1.82) is 0 Å². The van der Waals surface area contributed by atoms with Crippen LogP contribution in [-0.2, 0) is 6.54 Å². The first-order valence-corrected chi connectivity index (χ1v) is 6.23. The summed E-state index contributed by atoms with van der Waals surface area (Å²) >= 11 is 5.83. The van der Waals surface area contributed by atoms with E-state index >= 15 is 0 Å². The molecule has 1 fully saturated rings. The van der Waals surface area contributed by atoms with Crippen molar-refractivity contribution in [3.63, 3.8) is 0 Å². The van der Waals surface area contributed by atoms with E-state index in [1.807, 2.05) is 6.92 Å². The second-order valence-corrected chi connectivity index (χ2v) is 5.38. The minimum atomic E-state index is -0.311. The second kappa shape index (κ2) is 4.92.